The summed E-state index contributed by atoms with van der Waals surface area (Å²) in [5, 5.41) is 2.98. The van der Waals surface area contributed by atoms with Crippen LogP contribution in [-0.4, -0.2) is 59.4 Å². The van der Waals surface area contributed by atoms with Gasteiger partial charge in [-0.15, -0.1) is 0 Å². The Labute approximate surface area is 160 Å². The zero-order valence-corrected chi connectivity index (χ0v) is 16.3. The van der Waals surface area contributed by atoms with Crippen LogP contribution in [0, 0.1) is 6.92 Å². The third-order valence-corrected chi connectivity index (χ3v) is 5.22. The molecule has 27 heavy (non-hydrogen) atoms. The maximum absolute atomic E-state index is 12.5. The third-order valence-electron chi connectivity index (χ3n) is 5.22. The predicted molar refractivity (Wildman–Crippen MR) is 105 cm³/mol. The average Bonchev–Trinajstić information content (AvgIpc) is 2.68. The van der Waals surface area contributed by atoms with Gasteiger partial charge in [-0.3, -0.25) is 9.59 Å². The van der Waals surface area contributed by atoms with E-state index >= 15 is 0 Å². The number of anilines is 1. The smallest absolute Gasteiger partial charge is 0.270 e. The van der Waals surface area contributed by atoms with E-state index < -0.39 is 0 Å². The number of hydrogen-bond acceptors (Lipinski definition) is 5. The molecule has 1 aliphatic heterocycles. The van der Waals surface area contributed by atoms with Crippen LogP contribution in [0.25, 0.3) is 0 Å². The van der Waals surface area contributed by atoms with Gasteiger partial charge in [0.25, 0.3) is 5.91 Å². The van der Waals surface area contributed by atoms with E-state index in [9.17, 15) is 9.59 Å². The molecule has 1 aromatic rings. The summed E-state index contributed by atoms with van der Waals surface area (Å²) in [4.78, 5) is 36.7. The van der Waals surface area contributed by atoms with E-state index in [4.69, 9.17) is 0 Å². The van der Waals surface area contributed by atoms with Gasteiger partial charge in [0.1, 0.15) is 17.3 Å². The van der Waals surface area contributed by atoms with Crippen LogP contribution in [0.5, 0.6) is 0 Å². The number of amides is 2. The lowest BCUT2D eigenvalue weighted by Gasteiger charge is -2.35. The molecule has 1 N–H and O–H groups in total. The number of hydrogen-bond donors (Lipinski definition) is 1. The number of nitrogens with one attached hydrogen (secondary N) is 1. The average molecular weight is 371 g/mol. The molecular formula is C20H29N5O2. The molecular weight excluding hydrogens is 342 g/mol. The molecule has 1 aliphatic carbocycles. The fourth-order valence-electron chi connectivity index (χ4n) is 3.64. The highest BCUT2D eigenvalue weighted by Crippen LogP contribution is 2.19. The zero-order chi connectivity index (χ0) is 19.2. The molecule has 0 unspecified atom stereocenters. The summed E-state index contributed by atoms with van der Waals surface area (Å²) in [6.07, 6.45) is 8.07. The summed E-state index contributed by atoms with van der Waals surface area (Å²) in [7, 11) is 0. The minimum Gasteiger partial charge on any atom is -0.353 e. The van der Waals surface area contributed by atoms with E-state index in [1.807, 2.05) is 4.90 Å². The third kappa shape index (κ3) is 5.28. The van der Waals surface area contributed by atoms with Gasteiger partial charge in [-0.05, 0) is 39.0 Å². The Balaban J connectivity index is 1.58. The minimum atomic E-state index is -0.152. The van der Waals surface area contributed by atoms with E-state index in [1.54, 1.807) is 19.9 Å². The summed E-state index contributed by atoms with van der Waals surface area (Å²) >= 11 is 0. The monoisotopic (exact) mass is 371 g/mol. The van der Waals surface area contributed by atoms with E-state index in [0.29, 0.717) is 44.2 Å². The molecule has 0 saturated carbocycles. The van der Waals surface area contributed by atoms with Crippen LogP contribution in [-0.2, 0) is 4.79 Å². The Hall–Kier alpha value is -2.44. The molecule has 1 saturated heterocycles. The number of aryl methyl sites for hydroxylation is 1. The molecule has 0 atom stereocenters. The van der Waals surface area contributed by atoms with Crippen LogP contribution in [0.4, 0.5) is 5.82 Å². The summed E-state index contributed by atoms with van der Waals surface area (Å²) in [6, 6.07) is 1.76. The van der Waals surface area contributed by atoms with Crippen LogP contribution in [0.3, 0.4) is 0 Å². The van der Waals surface area contributed by atoms with Crippen LogP contribution >= 0.6 is 0 Å². The molecule has 0 spiro atoms. The lowest BCUT2D eigenvalue weighted by atomic mass is 9.97. The summed E-state index contributed by atoms with van der Waals surface area (Å²) in [6.45, 7) is 6.82. The normalized spacial score (nSPS) is 17.5. The Morgan fingerprint density at radius 3 is 2.59 bits per heavy atom. The van der Waals surface area contributed by atoms with Gasteiger partial charge in [0.15, 0.2) is 0 Å². The number of piperazine rings is 1. The van der Waals surface area contributed by atoms with Crippen LogP contribution in [0.15, 0.2) is 17.7 Å². The molecule has 3 rings (SSSR count). The van der Waals surface area contributed by atoms with E-state index in [0.717, 1.165) is 25.1 Å². The SMILES string of the molecule is CC(=O)N1CCN(c2cc(C(=O)NCCC3=CCCCC3)nc(C)n2)CC1. The first-order chi connectivity index (χ1) is 13.0. The molecule has 2 amide bonds. The summed E-state index contributed by atoms with van der Waals surface area (Å²) in [5.74, 6) is 1.29. The number of nitrogens with zero attached hydrogens (tertiary/aromatic N) is 4. The van der Waals surface area contributed by atoms with Gasteiger partial charge in [-0.25, -0.2) is 9.97 Å². The van der Waals surface area contributed by atoms with Crippen molar-refractivity contribution in [1.29, 1.82) is 0 Å². The number of rotatable bonds is 5. The van der Waals surface area contributed by atoms with Crippen molar-refractivity contribution in [3.05, 3.63) is 29.2 Å². The van der Waals surface area contributed by atoms with Gasteiger partial charge in [0.05, 0.1) is 0 Å². The highest BCUT2D eigenvalue weighted by molar-refractivity contribution is 5.93. The molecule has 7 heteroatoms. The summed E-state index contributed by atoms with van der Waals surface area (Å²) < 4.78 is 0. The fraction of sp³-hybridized carbons (Fsp3) is 0.600. The summed E-state index contributed by atoms with van der Waals surface area (Å²) in [5.41, 5.74) is 1.86. The standard InChI is InChI=1S/C20H29N5O2/c1-15-22-18(20(27)21-9-8-17-6-4-3-5-7-17)14-19(23-15)25-12-10-24(11-13-25)16(2)26/h6,14H,3-5,7-13H2,1-2H3,(H,21,27). The largest absolute Gasteiger partial charge is 0.353 e. The van der Waals surface area contributed by atoms with Crippen molar-refractivity contribution in [2.45, 2.75) is 46.0 Å². The van der Waals surface area contributed by atoms with Gasteiger partial charge in [0, 0.05) is 45.7 Å². The first-order valence-corrected chi connectivity index (χ1v) is 9.85. The Bertz CT molecular complexity index is 723. The predicted octanol–water partition coefficient (Wildman–Crippen LogP) is 2.07. The van der Waals surface area contributed by atoms with Gasteiger partial charge >= 0.3 is 0 Å². The van der Waals surface area contributed by atoms with Gasteiger partial charge in [0.2, 0.25) is 5.91 Å². The van der Waals surface area contributed by atoms with E-state index in [2.05, 4.69) is 26.3 Å². The minimum absolute atomic E-state index is 0.0988. The second kappa shape index (κ2) is 8.97. The van der Waals surface area contributed by atoms with Crippen molar-refractivity contribution in [2.75, 3.05) is 37.6 Å². The van der Waals surface area contributed by atoms with Crippen molar-refractivity contribution in [1.82, 2.24) is 20.2 Å². The first kappa shape index (κ1) is 19.3. The molecule has 2 aliphatic rings. The molecule has 2 heterocycles. The van der Waals surface area contributed by atoms with Crippen molar-refractivity contribution in [2.24, 2.45) is 0 Å². The number of carbonyl (C=O) groups excluding carboxylic acids is 2. The van der Waals surface area contributed by atoms with Crippen molar-refractivity contribution >= 4 is 17.6 Å². The molecule has 0 radical (unpaired) electrons. The Morgan fingerprint density at radius 2 is 1.93 bits per heavy atom. The lowest BCUT2D eigenvalue weighted by Crippen LogP contribution is -2.48. The number of carbonyl (C=O) groups is 2. The maximum Gasteiger partial charge on any atom is 0.270 e. The second-order valence-electron chi connectivity index (χ2n) is 7.27. The molecule has 1 fully saturated rings. The molecule has 146 valence electrons. The van der Waals surface area contributed by atoms with Crippen molar-refractivity contribution in [3.8, 4) is 0 Å². The Kier molecular flexibility index (Phi) is 6.42. The highest BCUT2D eigenvalue weighted by atomic mass is 16.2. The molecule has 0 aromatic carbocycles. The highest BCUT2D eigenvalue weighted by Gasteiger charge is 2.21. The van der Waals surface area contributed by atoms with Gasteiger partial charge < -0.3 is 15.1 Å². The molecule has 7 nitrogen and oxygen atoms in total. The number of aromatic nitrogens is 2. The second-order valence-corrected chi connectivity index (χ2v) is 7.27. The van der Waals surface area contributed by atoms with Crippen LogP contribution in [0.2, 0.25) is 0 Å². The number of allylic oxidation sites excluding steroid dienone is 1. The zero-order valence-electron chi connectivity index (χ0n) is 16.3. The first-order valence-electron chi connectivity index (χ1n) is 9.85. The lowest BCUT2D eigenvalue weighted by molar-refractivity contribution is -0.129. The molecule has 1 aromatic heterocycles. The maximum atomic E-state index is 12.5. The van der Waals surface area contributed by atoms with Crippen molar-refractivity contribution < 1.29 is 9.59 Å². The van der Waals surface area contributed by atoms with E-state index in [-0.39, 0.29) is 11.8 Å². The Morgan fingerprint density at radius 1 is 1.15 bits per heavy atom. The topological polar surface area (TPSA) is 78.4 Å². The van der Waals surface area contributed by atoms with Crippen LogP contribution < -0.4 is 10.2 Å². The van der Waals surface area contributed by atoms with Crippen molar-refractivity contribution in [3.63, 3.8) is 0 Å². The fourth-order valence-corrected chi connectivity index (χ4v) is 3.64. The van der Waals surface area contributed by atoms with Gasteiger partial charge in [-0.1, -0.05) is 11.6 Å². The quantitative estimate of drug-likeness (QED) is 0.802. The van der Waals surface area contributed by atoms with Gasteiger partial charge in [-0.2, -0.15) is 0 Å². The molecule has 0 bridgehead atoms. The van der Waals surface area contributed by atoms with E-state index in [1.165, 1.54) is 18.4 Å². The van der Waals surface area contributed by atoms with Crippen LogP contribution in [0.1, 0.15) is 55.3 Å².